The minimum absolute atomic E-state index is 0.212. The van der Waals surface area contributed by atoms with Crippen LogP contribution in [0.3, 0.4) is 0 Å². The zero-order valence-electron chi connectivity index (χ0n) is 9.70. The van der Waals surface area contributed by atoms with Crippen molar-refractivity contribution < 1.29 is 14.2 Å². The Morgan fingerprint density at radius 1 is 1.47 bits per heavy atom. The molecule has 1 rings (SSSR count). The van der Waals surface area contributed by atoms with Crippen molar-refractivity contribution in [2.24, 2.45) is 0 Å². The monoisotopic (exact) mass is 254 g/mol. The van der Waals surface area contributed by atoms with Crippen LogP contribution in [-0.2, 0) is 10.5 Å². The van der Waals surface area contributed by atoms with E-state index >= 15 is 0 Å². The maximum absolute atomic E-state index is 13.6. The lowest BCUT2D eigenvalue weighted by Gasteiger charge is -2.03. The fourth-order valence-corrected chi connectivity index (χ4v) is 2.09. The lowest BCUT2D eigenvalue weighted by Crippen LogP contribution is -1.94. The number of hydrogen-bond acceptors (Lipinski definition) is 3. The van der Waals surface area contributed by atoms with E-state index in [-0.39, 0.29) is 12.4 Å². The van der Waals surface area contributed by atoms with Crippen molar-refractivity contribution in [2.75, 3.05) is 26.1 Å². The van der Waals surface area contributed by atoms with Crippen molar-refractivity contribution in [1.29, 1.82) is 0 Å². The van der Waals surface area contributed by atoms with Gasteiger partial charge in [0.25, 0.3) is 0 Å². The first kappa shape index (κ1) is 14.0. The Morgan fingerprint density at radius 2 is 2.29 bits per heavy atom. The number of rotatable bonds is 5. The van der Waals surface area contributed by atoms with E-state index in [4.69, 9.17) is 9.84 Å². The third kappa shape index (κ3) is 5.22. The number of aliphatic hydroxyl groups is 1. The molecule has 0 spiro atoms. The fraction of sp³-hybridized carbons (Fsp3) is 0.385. The van der Waals surface area contributed by atoms with Gasteiger partial charge in [0.1, 0.15) is 12.4 Å². The maximum Gasteiger partial charge on any atom is 0.128 e. The Kier molecular flexibility index (Phi) is 6.71. The predicted molar refractivity (Wildman–Crippen MR) is 68.4 cm³/mol. The van der Waals surface area contributed by atoms with Crippen LogP contribution >= 0.6 is 11.8 Å². The summed E-state index contributed by atoms with van der Waals surface area (Å²) in [5.41, 5.74) is 1.25. The first-order valence-corrected chi connectivity index (χ1v) is 6.38. The first-order chi connectivity index (χ1) is 8.27. The topological polar surface area (TPSA) is 29.5 Å². The van der Waals surface area contributed by atoms with Crippen LogP contribution in [-0.4, -0.2) is 31.2 Å². The molecule has 4 heteroatoms. The average Bonchev–Trinajstić information content (AvgIpc) is 2.34. The number of hydrogen-bond donors (Lipinski definition) is 1. The summed E-state index contributed by atoms with van der Waals surface area (Å²) in [7, 11) is 1.65. The molecule has 0 amide bonds. The second kappa shape index (κ2) is 8.13. The number of benzene rings is 1. The van der Waals surface area contributed by atoms with Gasteiger partial charge in [-0.25, -0.2) is 4.39 Å². The molecule has 1 aromatic rings. The number of thioether (sulfide) groups is 1. The van der Waals surface area contributed by atoms with Crippen LogP contribution in [0.1, 0.15) is 11.1 Å². The van der Waals surface area contributed by atoms with Gasteiger partial charge < -0.3 is 9.84 Å². The first-order valence-electron chi connectivity index (χ1n) is 5.22. The molecule has 0 atom stereocenters. The lowest BCUT2D eigenvalue weighted by atomic mass is 10.1. The van der Waals surface area contributed by atoms with Crippen LogP contribution in [0.5, 0.6) is 0 Å². The van der Waals surface area contributed by atoms with E-state index in [2.05, 4.69) is 11.8 Å². The Labute approximate surface area is 105 Å². The van der Waals surface area contributed by atoms with E-state index in [0.29, 0.717) is 23.5 Å². The molecule has 92 valence electrons. The molecule has 0 fully saturated rings. The third-order valence-corrected chi connectivity index (χ3v) is 3.02. The maximum atomic E-state index is 13.6. The molecule has 0 unspecified atom stereocenters. The molecule has 0 aliphatic carbocycles. The summed E-state index contributed by atoms with van der Waals surface area (Å²) in [4.78, 5) is 0. The Balaban J connectivity index is 2.57. The summed E-state index contributed by atoms with van der Waals surface area (Å²) in [6, 6.07) is 4.89. The minimum atomic E-state index is -0.250. The van der Waals surface area contributed by atoms with Gasteiger partial charge in [-0.3, -0.25) is 0 Å². The van der Waals surface area contributed by atoms with Crippen LogP contribution in [0, 0.1) is 17.7 Å². The van der Waals surface area contributed by atoms with E-state index in [1.54, 1.807) is 31.0 Å². The second-order valence-corrected chi connectivity index (χ2v) is 4.42. The summed E-state index contributed by atoms with van der Waals surface area (Å²) < 4.78 is 18.5. The van der Waals surface area contributed by atoms with Crippen molar-refractivity contribution in [3.63, 3.8) is 0 Å². The molecule has 0 aromatic heterocycles. The second-order valence-electron chi connectivity index (χ2n) is 3.31. The molecule has 0 saturated carbocycles. The molecule has 0 aliphatic heterocycles. The Morgan fingerprint density at radius 3 is 2.94 bits per heavy atom. The van der Waals surface area contributed by atoms with Gasteiger partial charge in [-0.05, 0) is 17.7 Å². The minimum Gasteiger partial charge on any atom is -0.384 e. The van der Waals surface area contributed by atoms with E-state index < -0.39 is 0 Å². The molecule has 1 aromatic carbocycles. The van der Waals surface area contributed by atoms with Crippen LogP contribution in [0.25, 0.3) is 0 Å². The van der Waals surface area contributed by atoms with Gasteiger partial charge in [0.2, 0.25) is 0 Å². The highest BCUT2D eigenvalue weighted by atomic mass is 32.2. The quantitative estimate of drug-likeness (QED) is 0.644. The smallest absolute Gasteiger partial charge is 0.128 e. The lowest BCUT2D eigenvalue weighted by molar-refractivity contribution is 0.218. The van der Waals surface area contributed by atoms with Gasteiger partial charge in [0.05, 0.1) is 6.61 Å². The van der Waals surface area contributed by atoms with Gasteiger partial charge in [-0.2, -0.15) is 11.8 Å². The predicted octanol–water partition coefficient (Wildman–Crippen LogP) is 2.05. The molecule has 0 aliphatic rings. The van der Waals surface area contributed by atoms with E-state index in [9.17, 15) is 4.39 Å². The molecule has 2 nitrogen and oxygen atoms in total. The normalized spacial score (nSPS) is 9.82. The van der Waals surface area contributed by atoms with Crippen LogP contribution in [0.15, 0.2) is 18.2 Å². The summed E-state index contributed by atoms with van der Waals surface area (Å²) in [5, 5.41) is 8.54. The zero-order chi connectivity index (χ0) is 12.5. The summed E-state index contributed by atoms with van der Waals surface area (Å²) in [5.74, 6) is 6.39. The van der Waals surface area contributed by atoms with Crippen molar-refractivity contribution in [3.05, 3.63) is 35.1 Å². The van der Waals surface area contributed by atoms with E-state index in [0.717, 1.165) is 5.75 Å². The molecule has 0 saturated heterocycles. The molecule has 0 heterocycles. The van der Waals surface area contributed by atoms with Crippen molar-refractivity contribution in [1.82, 2.24) is 0 Å². The van der Waals surface area contributed by atoms with Crippen LogP contribution < -0.4 is 0 Å². The Hall–Kier alpha value is -1.02. The Bertz CT molecular complexity index is 410. The van der Waals surface area contributed by atoms with Gasteiger partial charge >= 0.3 is 0 Å². The van der Waals surface area contributed by atoms with Crippen molar-refractivity contribution >= 4 is 11.8 Å². The number of ether oxygens (including phenoxy) is 1. The molecule has 17 heavy (non-hydrogen) atoms. The van der Waals surface area contributed by atoms with Crippen molar-refractivity contribution in [2.45, 2.75) is 5.75 Å². The molecular weight excluding hydrogens is 239 g/mol. The van der Waals surface area contributed by atoms with Crippen LogP contribution in [0.2, 0.25) is 0 Å². The highest BCUT2D eigenvalue weighted by Crippen LogP contribution is 2.16. The number of aliphatic hydroxyl groups excluding tert-OH is 1. The highest BCUT2D eigenvalue weighted by Gasteiger charge is 2.02. The van der Waals surface area contributed by atoms with Crippen LogP contribution in [0.4, 0.5) is 4.39 Å². The molecular formula is C13H15FO2S. The van der Waals surface area contributed by atoms with E-state index in [1.807, 2.05) is 0 Å². The van der Waals surface area contributed by atoms with Gasteiger partial charge in [-0.1, -0.05) is 17.9 Å². The third-order valence-electron chi connectivity index (χ3n) is 2.05. The SMILES string of the molecule is COCCSCc1ccc(C#CCO)cc1F. The zero-order valence-corrected chi connectivity index (χ0v) is 10.5. The average molecular weight is 254 g/mol. The number of halogens is 1. The molecule has 0 radical (unpaired) electrons. The highest BCUT2D eigenvalue weighted by molar-refractivity contribution is 7.98. The van der Waals surface area contributed by atoms with Crippen molar-refractivity contribution in [3.8, 4) is 11.8 Å². The fourth-order valence-electron chi connectivity index (χ4n) is 1.21. The summed E-state index contributed by atoms with van der Waals surface area (Å²) in [6.45, 7) is 0.461. The van der Waals surface area contributed by atoms with Gasteiger partial charge in [0.15, 0.2) is 0 Å². The number of methoxy groups -OCH3 is 1. The van der Waals surface area contributed by atoms with Gasteiger partial charge in [0, 0.05) is 24.2 Å². The largest absolute Gasteiger partial charge is 0.384 e. The summed E-state index contributed by atoms with van der Waals surface area (Å²) >= 11 is 1.63. The molecule has 0 bridgehead atoms. The van der Waals surface area contributed by atoms with Gasteiger partial charge in [-0.15, -0.1) is 0 Å². The molecule has 1 N–H and O–H groups in total. The summed E-state index contributed by atoms with van der Waals surface area (Å²) in [6.07, 6.45) is 0. The van der Waals surface area contributed by atoms with E-state index in [1.165, 1.54) is 6.07 Å². The standard InChI is InChI=1S/C13H15FO2S/c1-16-7-8-17-10-12-5-4-11(3-2-6-15)9-13(12)14/h4-5,9,15H,6-8,10H2,1H3.